The molecule has 1 aliphatic heterocycles. The molecule has 7 nitrogen and oxygen atoms in total. The van der Waals surface area contributed by atoms with Crippen molar-refractivity contribution >= 4 is 17.2 Å². The molecule has 2 heterocycles. The first-order valence-corrected chi connectivity index (χ1v) is 10.1. The maximum atomic E-state index is 6.34. The van der Waals surface area contributed by atoms with E-state index in [-0.39, 0.29) is 0 Å². The first-order valence-electron chi connectivity index (χ1n) is 10.1. The Morgan fingerprint density at radius 1 is 1.29 bits per heavy atom. The standard InChI is InChI=1S/C21H32N6O/c1-4-5-7-14-12-18(27-11-6-8-15(13-27)24-2)26-21(25-14)19-16(22)9-10-17(28-3)20(19)23/h9-10,12,15,24H,4-8,11,13,22-23H2,1-3H3. The summed E-state index contributed by atoms with van der Waals surface area (Å²) in [6, 6.07) is 6.16. The van der Waals surface area contributed by atoms with E-state index in [0.717, 1.165) is 50.3 Å². The van der Waals surface area contributed by atoms with Gasteiger partial charge in [0.05, 0.1) is 18.4 Å². The normalized spacial score (nSPS) is 17.0. The third-order valence-electron chi connectivity index (χ3n) is 5.39. The van der Waals surface area contributed by atoms with Gasteiger partial charge in [-0.25, -0.2) is 9.97 Å². The highest BCUT2D eigenvalue weighted by atomic mass is 16.5. The molecule has 1 aromatic heterocycles. The van der Waals surface area contributed by atoms with Gasteiger partial charge in [-0.2, -0.15) is 0 Å². The number of aryl methyl sites for hydroxylation is 1. The Hall–Kier alpha value is -2.54. The fraction of sp³-hybridized carbons (Fsp3) is 0.524. The number of nitrogens with zero attached hydrogens (tertiary/aromatic N) is 3. The minimum absolute atomic E-state index is 0.471. The van der Waals surface area contributed by atoms with Crippen LogP contribution in [0.2, 0.25) is 0 Å². The first-order chi connectivity index (χ1) is 13.6. The molecule has 0 aliphatic carbocycles. The van der Waals surface area contributed by atoms with E-state index in [2.05, 4.69) is 23.2 Å². The Morgan fingerprint density at radius 2 is 2.11 bits per heavy atom. The molecule has 152 valence electrons. The second-order valence-electron chi connectivity index (χ2n) is 7.36. The molecule has 1 aromatic carbocycles. The van der Waals surface area contributed by atoms with E-state index in [4.69, 9.17) is 26.2 Å². The summed E-state index contributed by atoms with van der Waals surface area (Å²) in [5.41, 5.74) is 15.3. The van der Waals surface area contributed by atoms with E-state index in [1.807, 2.05) is 7.05 Å². The van der Waals surface area contributed by atoms with Gasteiger partial charge in [0.1, 0.15) is 11.6 Å². The molecule has 0 saturated carbocycles. The van der Waals surface area contributed by atoms with Crippen LogP contribution in [0.25, 0.3) is 11.4 Å². The molecule has 1 aliphatic rings. The minimum atomic E-state index is 0.471. The molecular weight excluding hydrogens is 352 g/mol. The lowest BCUT2D eigenvalue weighted by Gasteiger charge is -2.33. The van der Waals surface area contributed by atoms with Gasteiger partial charge in [-0.05, 0) is 44.9 Å². The highest BCUT2D eigenvalue weighted by Crippen LogP contribution is 2.37. The number of nitrogens with two attached hydrogens (primary N) is 2. The number of hydrogen-bond acceptors (Lipinski definition) is 7. The summed E-state index contributed by atoms with van der Waals surface area (Å²) in [4.78, 5) is 12.0. The molecule has 5 N–H and O–H groups in total. The van der Waals surface area contributed by atoms with E-state index in [9.17, 15) is 0 Å². The average molecular weight is 385 g/mol. The smallest absolute Gasteiger partial charge is 0.166 e. The van der Waals surface area contributed by atoms with Crippen molar-refractivity contribution in [2.45, 2.75) is 45.1 Å². The van der Waals surface area contributed by atoms with E-state index in [0.29, 0.717) is 34.6 Å². The molecule has 1 atom stereocenters. The molecule has 0 radical (unpaired) electrons. The molecule has 1 saturated heterocycles. The fourth-order valence-corrected chi connectivity index (χ4v) is 3.71. The van der Waals surface area contributed by atoms with Crippen LogP contribution in [0.15, 0.2) is 18.2 Å². The minimum Gasteiger partial charge on any atom is -0.495 e. The lowest BCUT2D eigenvalue weighted by atomic mass is 10.1. The van der Waals surface area contributed by atoms with Crippen molar-refractivity contribution in [3.8, 4) is 17.1 Å². The molecule has 0 amide bonds. The lowest BCUT2D eigenvalue weighted by Crippen LogP contribution is -2.44. The number of benzene rings is 1. The summed E-state index contributed by atoms with van der Waals surface area (Å²) in [5.74, 6) is 2.10. The number of piperidine rings is 1. The van der Waals surface area contributed by atoms with Gasteiger partial charge in [0.25, 0.3) is 0 Å². The Balaban J connectivity index is 2.06. The van der Waals surface area contributed by atoms with Crippen LogP contribution in [-0.2, 0) is 6.42 Å². The van der Waals surface area contributed by atoms with E-state index in [1.165, 1.54) is 6.42 Å². The van der Waals surface area contributed by atoms with Gasteiger partial charge < -0.3 is 26.4 Å². The topological polar surface area (TPSA) is 102 Å². The van der Waals surface area contributed by atoms with Crippen LogP contribution in [0.3, 0.4) is 0 Å². The van der Waals surface area contributed by atoms with Gasteiger partial charge in [0.2, 0.25) is 0 Å². The number of nitrogens with one attached hydrogen (secondary N) is 1. The number of ether oxygens (including phenoxy) is 1. The maximum absolute atomic E-state index is 6.34. The Morgan fingerprint density at radius 3 is 2.82 bits per heavy atom. The zero-order valence-electron chi connectivity index (χ0n) is 17.2. The Labute approximate surface area is 167 Å². The number of aromatic nitrogens is 2. The number of nitrogen functional groups attached to an aromatic ring is 2. The molecular formula is C21H32N6O. The van der Waals surface area contributed by atoms with Gasteiger partial charge in [-0.1, -0.05) is 13.3 Å². The maximum Gasteiger partial charge on any atom is 0.166 e. The summed E-state index contributed by atoms with van der Waals surface area (Å²) >= 11 is 0. The summed E-state index contributed by atoms with van der Waals surface area (Å²) in [5, 5.41) is 3.39. The second-order valence-corrected chi connectivity index (χ2v) is 7.36. The SMILES string of the molecule is CCCCc1cc(N2CCCC(NC)C2)nc(-c2c(N)ccc(OC)c2N)n1. The van der Waals surface area contributed by atoms with Crippen molar-refractivity contribution < 1.29 is 4.74 Å². The van der Waals surface area contributed by atoms with Gasteiger partial charge in [-0.3, -0.25) is 0 Å². The van der Waals surface area contributed by atoms with Crippen LogP contribution in [0.5, 0.6) is 5.75 Å². The van der Waals surface area contributed by atoms with E-state index in [1.54, 1.807) is 19.2 Å². The molecule has 7 heteroatoms. The molecule has 0 bridgehead atoms. The summed E-state index contributed by atoms with van der Waals surface area (Å²) in [7, 11) is 3.62. The molecule has 1 fully saturated rings. The highest BCUT2D eigenvalue weighted by molar-refractivity contribution is 5.87. The quantitative estimate of drug-likeness (QED) is 0.631. The van der Waals surface area contributed by atoms with Crippen molar-refractivity contribution in [3.63, 3.8) is 0 Å². The lowest BCUT2D eigenvalue weighted by molar-refractivity contribution is 0.417. The third kappa shape index (κ3) is 4.30. The van der Waals surface area contributed by atoms with Crippen molar-refractivity contribution in [2.75, 3.05) is 43.6 Å². The number of rotatable bonds is 7. The molecule has 3 rings (SSSR count). The monoisotopic (exact) mass is 384 g/mol. The largest absolute Gasteiger partial charge is 0.495 e. The van der Waals surface area contributed by atoms with Crippen LogP contribution in [-0.4, -0.2) is 43.3 Å². The van der Waals surface area contributed by atoms with Gasteiger partial charge >= 0.3 is 0 Å². The summed E-state index contributed by atoms with van der Waals surface area (Å²) in [6.07, 6.45) is 5.43. The average Bonchev–Trinajstić information content (AvgIpc) is 2.72. The number of unbranched alkanes of at least 4 members (excludes halogenated alkanes) is 1. The summed E-state index contributed by atoms with van der Waals surface area (Å²) in [6.45, 7) is 4.11. The first kappa shape index (κ1) is 20.2. The Bertz CT molecular complexity index is 810. The third-order valence-corrected chi connectivity index (χ3v) is 5.39. The van der Waals surface area contributed by atoms with Crippen molar-refractivity contribution in [1.29, 1.82) is 0 Å². The Kier molecular flexibility index (Phi) is 6.57. The predicted molar refractivity (Wildman–Crippen MR) is 116 cm³/mol. The number of anilines is 3. The van der Waals surface area contributed by atoms with Crippen LogP contribution < -0.4 is 26.4 Å². The number of likely N-dealkylation sites (N-methyl/N-ethyl adjacent to an activating group) is 1. The molecule has 28 heavy (non-hydrogen) atoms. The zero-order chi connectivity index (χ0) is 20.1. The van der Waals surface area contributed by atoms with Gasteiger partial charge in [0.15, 0.2) is 5.82 Å². The summed E-state index contributed by atoms with van der Waals surface area (Å²) < 4.78 is 5.38. The molecule has 0 spiro atoms. The fourth-order valence-electron chi connectivity index (χ4n) is 3.71. The van der Waals surface area contributed by atoms with Crippen LogP contribution in [0, 0.1) is 0 Å². The highest BCUT2D eigenvalue weighted by Gasteiger charge is 2.22. The van der Waals surface area contributed by atoms with Crippen LogP contribution >= 0.6 is 0 Å². The van der Waals surface area contributed by atoms with Gasteiger partial charge in [0, 0.05) is 36.6 Å². The van der Waals surface area contributed by atoms with Crippen molar-refractivity contribution in [3.05, 3.63) is 23.9 Å². The van der Waals surface area contributed by atoms with E-state index >= 15 is 0 Å². The molecule has 1 unspecified atom stereocenters. The second kappa shape index (κ2) is 9.10. The molecule has 2 aromatic rings. The number of methoxy groups -OCH3 is 1. The van der Waals surface area contributed by atoms with Crippen LogP contribution in [0.1, 0.15) is 38.3 Å². The zero-order valence-corrected chi connectivity index (χ0v) is 17.2. The van der Waals surface area contributed by atoms with Crippen molar-refractivity contribution in [1.82, 2.24) is 15.3 Å². The van der Waals surface area contributed by atoms with E-state index < -0.39 is 0 Å². The van der Waals surface area contributed by atoms with Crippen LogP contribution in [0.4, 0.5) is 17.2 Å². The predicted octanol–water partition coefficient (Wildman–Crippen LogP) is 2.85. The number of hydrogen-bond donors (Lipinski definition) is 3. The van der Waals surface area contributed by atoms with Crippen molar-refractivity contribution in [2.24, 2.45) is 0 Å². The van der Waals surface area contributed by atoms with Gasteiger partial charge in [-0.15, -0.1) is 0 Å².